The van der Waals surface area contributed by atoms with Gasteiger partial charge in [0, 0.05) is 5.33 Å². The van der Waals surface area contributed by atoms with Crippen molar-refractivity contribution in [3.05, 3.63) is 71.3 Å². The van der Waals surface area contributed by atoms with Gasteiger partial charge in [-0.2, -0.15) is 0 Å². The van der Waals surface area contributed by atoms with E-state index in [-0.39, 0.29) is 5.97 Å². The van der Waals surface area contributed by atoms with Crippen molar-refractivity contribution in [2.75, 3.05) is 0 Å². The summed E-state index contributed by atoms with van der Waals surface area (Å²) in [6.07, 6.45) is 0. The lowest BCUT2D eigenvalue weighted by atomic mass is 10.1. The summed E-state index contributed by atoms with van der Waals surface area (Å²) in [6, 6.07) is 17.0. The number of hydrogen-bond acceptors (Lipinski definition) is 2. The van der Waals surface area contributed by atoms with Crippen molar-refractivity contribution in [3.8, 4) is 0 Å². The molecule has 0 aliphatic rings. The highest BCUT2D eigenvalue weighted by atomic mass is 79.9. The summed E-state index contributed by atoms with van der Waals surface area (Å²) in [7, 11) is 0. The van der Waals surface area contributed by atoms with Crippen molar-refractivity contribution in [2.24, 2.45) is 0 Å². The first-order valence-corrected chi connectivity index (χ1v) is 6.77. The van der Waals surface area contributed by atoms with Crippen molar-refractivity contribution in [2.45, 2.75) is 11.9 Å². The fourth-order valence-electron chi connectivity index (χ4n) is 1.61. The van der Waals surface area contributed by atoms with Gasteiger partial charge < -0.3 is 4.74 Å². The van der Waals surface area contributed by atoms with Crippen molar-refractivity contribution >= 4 is 21.9 Å². The van der Waals surface area contributed by atoms with E-state index in [1.165, 1.54) is 5.56 Å². The number of halogens is 1. The molecule has 0 bridgehead atoms. The third kappa shape index (κ3) is 3.44. The molecule has 0 radical (unpaired) electrons. The van der Waals surface area contributed by atoms with Crippen LogP contribution in [0.5, 0.6) is 0 Å². The largest absolute Gasteiger partial charge is 0.457 e. The van der Waals surface area contributed by atoms with Crippen LogP contribution >= 0.6 is 15.9 Å². The Hall–Kier alpha value is -1.61. The van der Waals surface area contributed by atoms with Gasteiger partial charge in [0.15, 0.2) is 0 Å². The number of hydrogen-bond donors (Lipinski definition) is 0. The summed E-state index contributed by atoms with van der Waals surface area (Å²) in [5.74, 6) is -0.292. The molecule has 0 fully saturated rings. The fraction of sp³-hybridized carbons (Fsp3) is 0.133. The van der Waals surface area contributed by atoms with Crippen molar-refractivity contribution in [1.29, 1.82) is 0 Å². The Morgan fingerprint density at radius 3 is 2.44 bits per heavy atom. The maximum atomic E-state index is 11.7. The molecule has 2 nitrogen and oxygen atoms in total. The monoisotopic (exact) mass is 304 g/mol. The first-order chi connectivity index (χ1) is 8.79. The predicted octanol–water partition coefficient (Wildman–Crippen LogP) is 3.94. The van der Waals surface area contributed by atoms with E-state index in [1.54, 1.807) is 12.1 Å². The lowest BCUT2D eigenvalue weighted by Gasteiger charge is -2.06. The molecule has 0 unspecified atom stereocenters. The minimum Gasteiger partial charge on any atom is -0.457 e. The molecule has 2 aromatic rings. The smallest absolute Gasteiger partial charge is 0.338 e. The number of esters is 1. The summed E-state index contributed by atoms with van der Waals surface area (Å²) >= 11 is 3.40. The first kappa shape index (κ1) is 12.8. The highest BCUT2D eigenvalue weighted by molar-refractivity contribution is 9.08. The van der Waals surface area contributed by atoms with E-state index < -0.39 is 0 Å². The number of ether oxygens (including phenoxy) is 1. The van der Waals surface area contributed by atoms with Gasteiger partial charge in [-0.05, 0) is 23.3 Å². The molecule has 0 amide bonds. The summed E-state index contributed by atoms with van der Waals surface area (Å²) in [5, 5.41) is 0.799. The van der Waals surface area contributed by atoms with Gasteiger partial charge in [-0.25, -0.2) is 4.79 Å². The summed E-state index contributed by atoms with van der Waals surface area (Å²) in [6.45, 7) is 0.300. The van der Waals surface area contributed by atoms with Crippen molar-refractivity contribution in [1.82, 2.24) is 0 Å². The Kier molecular flexibility index (Phi) is 4.53. The number of rotatable bonds is 4. The van der Waals surface area contributed by atoms with Crippen LogP contribution in [-0.4, -0.2) is 5.97 Å². The van der Waals surface area contributed by atoms with Gasteiger partial charge in [0.05, 0.1) is 5.56 Å². The second kappa shape index (κ2) is 6.36. The highest BCUT2D eigenvalue weighted by Gasteiger charge is 2.06. The lowest BCUT2D eigenvalue weighted by Crippen LogP contribution is -2.05. The molecule has 0 aliphatic carbocycles. The molecular weight excluding hydrogens is 292 g/mol. The highest BCUT2D eigenvalue weighted by Crippen LogP contribution is 2.11. The molecule has 2 aromatic carbocycles. The molecule has 0 saturated heterocycles. The Morgan fingerprint density at radius 1 is 1.00 bits per heavy atom. The van der Waals surface area contributed by atoms with E-state index >= 15 is 0 Å². The van der Waals surface area contributed by atoms with Gasteiger partial charge in [-0.1, -0.05) is 58.4 Å². The first-order valence-electron chi connectivity index (χ1n) is 5.65. The lowest BCUT2D eigenvalue weighted by molar-refractivity contribution is 0.0472. The van der Waals surface area contributed by atoms with E-state index in [0.29, 0.717) is 12.2 Å². The van der Waals surface area contributed by atoms with E-state index in [1.807, 2.05) is 42.5 Å². The van der Waals surface area contributed by atoms with E-state index in [4.69, 9.17) is 4.74 Å². The molecular formula is C15H13BrO2. The normalized spacial score (nSPS) is 10.1. The molecule has 18 heavy (non-hydrogen) atoms. The summed E-state index contributed by atoms with van der Waals surface area (Å²) < 4.78 is 5.26. The van der Waals surface area contributed by atoms with Crippen molar-refractivity contribution in [3.63, 3.8) is 0 Å². The van der Waals surface area contributed by atoms with Crippen LogP contribution in [0.4, 0.5) is 0 Å². The molecule has 0 aliphatic heterocycles. The topological polar surface area (TPSA) is 26.3 Å². The standard InChI is InChI=1S/C15H13BrO2/c16-10-12-5-4-6-13(9-12)11-18-15(17)14-7-2-1-3-8-14/h1-9H,10-11H2. The SMILES string of the molecule is O=C(OCc1cccc(CBr)c1)c1ccccc1. The molecule has 3 heteroatoms. The Balaban J connectivity index is 1.97. The van der Waals surface area contributed by atoms with E-state index in [2.05, 4.69) is 15.9 Å². The molecule has 0 aromatic heterocycles. The summed E-state index contributed by atoms with van der Waals surface area (Å²) in [4.78, 5) is 11.7. The number of carbonyl (C=O) groups excluding carboxylic acids is 1. The quantitative estimate of drug-likeness (QED) is 0.632. The van der Waals surface area contributed by atoms with Crippen LogP contribution in [0.2, 0.25) is 0 Å². The van der Waals surface area contributed by atoms with Gasteiger partial charge in [0.2, 0.25) is 0 Å². The van der Waals surface area contributed by atoms with Crippen LogP contribution < -0.4 is 0 Å². The van der Waals surface area contributed by atoms with Gasteiger partial charge in [-0.3, -0.25) is 0 Å². The molecule has 0 N–H and O–H groups in total. The van der Waals surface area contributed by atoms with E-state index in [9.17, 15) is 4.79 Å². The minimum atomic E-state index is -0.292. The maximum absolute atomic E-state index is 11.7. The Morgan fingerprint density at radius 2 is 1.72 bits per heavy atom. The second-order valence-corrected chi connectivity index (χ2v) is 4.46. The van der Waals surface area contributed by atoms with Crippen LogP contribution in [0.15, 0.2) is 54.6 Å². The molecule has 0 heterocycles. The van der Waals surface area contributed by atoms with Crippen LogP contribution in [0.25, 0.3) is 0 Å². The third-order valence-electron chi connectivity index (χ3n) is 2.53. The molecule has 92 valence electrons. The van der Waals surface area contributed by atoms with Gasteiger partial charge in [-0.15, -0.1) is 0 Å². The van der Waals surface area contributed by atoms with E-state index in [0.717, 1.165) is 10.9 Å². The number of benzene rings is 2. The van der Waals surface area contributed by atoms with Crippen molar-refractivity contribution < 1.29 is 9.53 Å². The second-order valence-electron chi connectivity index (χ2n) is 3.90. The van der Waals surface area contributed by atoms with Crippen LogP contribution in [0.3, 0.4) is 0 Å². The molecule has 0 atom stereocenters. The van der Waals surface area contributed by atoms with Gasteiger partial charge in [0.1, 0.15) is 6.61 Å². The summed E-state index contributed by atoms with van der Waals surface area (Å²) in [5.41, 5.74) is 2.74. The minimum absolute atomic E-state index is 0.292. The van der Waals surface area contributed by atoms with Gasteiger partial charge >= 0.3 is 5.97 Å². The number of carbonyl (C=O) groups is 1. The Labute approximate surface area is 115 Å². The molecule has 0 spiro atoms. The van der Waals surface area contributed by atoms with Crippen LogP contribution in [0, 0.1) is 0 Å². The predicted molar refractivity (Wildman–Crippen MR) is 74.6 cm³/mol. The van der Waals surface area contributed by atoms with Crippen LogP contribution in [-0.2, 0) is 16.7 Å². The third-order valence-corrected chi connectivity index (χ3v) is 3.17. The average molecular weight is 305 g/mol. The number of alkyl halides is 1. The van der Waals surface area contributed by atoms with Gasteiger partial charge in [0.25, 0.3) is 0 Å². The molecule has 0 saturated carbocycles. The Bertz CT molecular complexity index is 523. The van der Waals surface area contributed by atoms with Crippen LogP contribution in [0.1, 0.15) is 21.5 Å². The average Bonchev–Trinajstić information content (AvgIpc) is 2.46. The maximum Gasteiger partial charge on any atom is 0.338 e. The zero-order chi connectivity index (χ0) is 12.8. The molecule has 2 rings (SSSR count). The fourth-order valence-corrected chi connectivity index (χ4v) is 1.96. The zero-order valence-electron chi connectivity index (χ0n) is 9.80. The zero-order valence-corrected chi connectivity index (χ0v) is 11.4.